The summed E-state index contributed by atoms with van der Waals surface area (Å²) >= 11 is 1.21. The molecule has 4 heterocycles. The Morgan fingerprint density at radius 2 is 1.82 bits per heavy atom. The molecular weight excluding hydrogens is 554 g/mol. The summed E-state index contributed by atoms with van der Waals surface area (Å²) in [5.74, 6) is 1.70. The van der Waals surface area contributed by atoms with Crippen molar-refractivity contribution in [2.45, 2.75) is 38.1 Å². The number of sulfonamides is 1. The van der Waals surface area contributed by atoms with Gasteiger partial charge in [0.25, 0.3) is 0 Å². The zero-order chi connectivity index (χ0) is 28.3. The van der Waals surface area contributed by atoms with Crippen molar-refractivity contribution in [3.05, 3.63) is 46.0 Å². The second kappa shape index (κ2) is 12.0. The van der Waals surface area contributed by atoms with E-state index in [1.54, 1.807) is 26.0 Å². The minimum Gasteiger partial charge on any atom is -0.462 e. The van der Waals surface area contributed by atoms with E-state index in [4.69, 9.17) is 19.4 Å². The molecule has 2 N–H and O–H groups in total. The molecule has 0 saturated carbocycles. The number of rotatable bonds is 9. The Bertz CT molecular complexity index is 1470. The quantitative estimate of drug-likeness (QED) is 0.357. The van der Waals surface area contributed by atoms with Crippen LogP contribution in [0.5, 0.6) is 0 Å². The average Bonchev–Trinajstić information content (AvgIpc) is 3.33. The number of thiazole rings is 1. The monoisotopic (exact) mass is 587 g/mol. The maximum atomic E-state index is 12.3. The molecule has 0 spiro atoms. The predicted octanol–water partition coefficient (Wildman–Crippen LogP) is 2.86. The van der Waals surface area contributed by atoms with Crippen molar-refractivity contribution in [2.75, 3.05) is 61.6 Å². The molecule has 5 rings (SSSR count). The van der Waals surface area contributed by atoms with Crippen molar-refractivity contribution in [3.8, 4) is 0 Å². The Morgan fingerprint density at radius 1 is 1.10 bits per heavy atom. The smallest absolute Gasteiger partial charge is 0.350 e. The van der Waals surface area contributed by atoms with Crippen LogP contribution >= 0.6 is 11.3 Å². The van der Waals surface area contributed by atoms with Crippen LogP contribution in [0.1, 0.15) is 39.8 Å². The molecule has 1 saturated heterocycles. The first-order valence-corrected chi connectivity index (χ1v) is 15.5. The molecule has 214 valence electrons. The molecule has 12 nitrogen and oxygen atoms in total. The molecule has 0 aliphatic carbocycles. The van der Waals surface area contributed by atoms with E-state index in [1.165, 1.54) is 18.4 Å². The molecule has 0 atom stereocenters. The van der Waals surface area contributed by atoms with Crippen molar-refractivity contribution in [1.29, 1.82) is 0 Å². The van der Waals surface area contributed by atoms with Gasteiger partial charge in [0.2, 0.25) is 16.0 Å². The molecule has 1 fully saturated rings. The highest BCUT2D eigenvalue weighted by molar-refractivity contribution is 7.89. The SMILES string of the molecule is CCOC(=O)c1sc(Nc2nc(N3CCOCC3)c3c(n2)N(Cc2ccc(S(=O)(=O)NC)cc2)CCC3)nc1C. The minimum absolute atomic E-state index is 0.224. The number of morpholine rings is 1. The zero-order valence-electron chi connectivity index (χ0n) is 22.8. The summed E-state index contributed by atoms with van der Waals surface area (Å²) in [6.07, 6.45) is 1.79. The van der Waals surface area contributed by atoms with E-state index in [2.05, 4.69) is 24.8 Å². The van der Waals surface area contributed by atoms with E-state index in [9.17, 15) is 13.2 Å². The first kappa shape index (κ1) is 28.2. The molecule has 14 heteroatoms. The Kier molecular flexibility index (Phi) is 8.49. The number of carbonyl (C=O) groups is 1. The van der Waals surface area contributed by atoms with Gasteiger partial charge >= 0.3 is 5.97 Å². The summed E-state index contributed by atoms with van der Waals surface area (Å²) < 4.78 is 37.4. The fourth-order valence-corrected chi connectivity index (χ4v) is 6.37. The third-order valence-corrected chi connectivity index (χ3v) is 9.26. The Labute approximate surface area is 237 Å². The van der Waals surface area contributed by atoms with Gasteiger partial charge in [-0.25, -0.2) is 22.9 Å². The van der Waals surface area contributed by atoms with Crippen LogP contribution in [0.15, 0.2) is 29.2 Å². The lowest BCUT2D eigenvalue weighted by molar-refractivity contribution is 0.0531. The number of aryl methyl sites for hydroxylation is 1. The summed E-state index contributed by atoms with van der Waals surface area (Å²) in [4.78, 5) is 31.8. The van der Waals surface area contributed by atoms with Crippen LogP contribution in [0.3, 0.4) is 0 Å². The number of hydrogen-bond acceptors (Lipinski definition) is 12. The first-order valence-electron chi connectivity index (χ1n) is 13.2. The Balaban J connectivity index is 1.47. The third kappa shape index (κ3) is 6.04. The van der Waals surface area contributed by atoms with Crippen molar-refractivity contribution < 1.29 is 22.7 Å². The van der Waals surface area contributed by atoms with E-state index in [1.807, 2.05) is 12.1 Å². The lowest BCUT2D eigenvalue weighted by Crippen LogP contribution is -2.39. The van der Waals surface area contributed by atoms with Crippen molar-refractivity contribution in [2.24, 2.45) is 0 Å². The standard InChI is InChI=1S/C26H33N7O5S2/c1-4-38-24(34)21-17(2)28-26(39-21)31-25-29-22(32-12-14-37-15-13-32)20-6-5-11-33(23(20)30-25)16-18-7-9-19(10-8-18)40(35,36)27-3/h7-10,27H,4-6,11-16H2,1-3H3,(H,28,29,30,31). The number of carbonyl (C=O) groups excluding carboxylic acids is 1. The van der Waals surface area contributed by atoms with Gasteiger partial charge in [-0.1, -0.05) is 23.5 Å². The van der Waals surface area contributed by atoms with Gasteiger partial charge in [-0.2, -0.15) is 9.97 Å². The van der Waals surface area contributed by atoms with E-state index in [0.29, 0.717) is 48.0 Å². The zero-order valence-corrected chi connectivity index (χ0v) is 24.4. The van der Waals surface area contributed by atoms with Gasteiger partial charge in [-0.15, -0.1) is 0 Å². The van der Waals surface area contributed by atoms with Gasteiger partial charge in [-0.05, 0) is 51.4 Å². The molecule has 0 unspecified atom stereocenters. The van der Waals surface area contributed by atoms with Gasteiger partial charge in [0.15, 0.2) is 5.13 Å². The van der Waals surface area contributed by atoms with Crippen LogP contribution in [0.2, 0.25) is 0 Å². The van der Waals surface area contributed by atoms with E-state index in [-0.39, 0.29) is 4.90 Å². The van der Waals surface area contributed by atoms with Gasteiger partial charge in [-0.3, -0.25) is 5.32 Å². The lowest BCUT2D eigenvalue weighted by Gasteiger charge is -2.35. The van der Waals surface area contributed by atoms with Crippen molar-refractivity contribution in [1.82, 2.24) is 19.7 Å². The molecule has 0 bridgehead atoms. The van der Waals surface area contributed by atoms with Crippen molar-refractivity contribution in [3.63, 3.8) is 0 Å². The van der Waals surface area contributed by atoms with Gasteiger partial charge in [0.05, 0.1) is 30.4 Å². The fraction of sp³-hybridized carbons (Fsp3) is 0.462. The molecule has 0 amide bonds. The highest BCUT2D eigenvalue weighted by Crippen LogP contribution is 2.36. The van der Waals surface area contributed by atoms with Crippen LogP contribution in [-0.4, -0.2) is 75.8 Å². The van der Waals surface area contributed by atoms with Crippen LogP contribution in [0, 0.1) is 6.92 Å². The number of anilines is 4. The number of ether oxygens (including phenoxy) is 2. The number of aromatic nitrogens is 3. The average molecular weight is 588 g/mol. The molecule has 2 aliphatic heterocycles. The molecule has 40 heavy (non-hydrogen) atoms. The molecule has 3 aromatic rings. The molecular formula is C26H33N7O5S2. The van der Waals surface area contributed by atoms with Gasteiger partial charge in [0, 0.05) is 31.7 Å². The maximum Gasteiger partial charge on any atom is 0.350 e. The summed E-state index contributed by atoms with van der Waals surface area (Å²) in [6.45, 7) is 7.91. The Morgan fingerprint density at radius 3 is 2.52 bits per heavy atom. The maximum absolute atomic E-state index is 12.3. The molecule has 0 radical (unpaired) electrons. The summed E-state index contributed by atoms with van der Waals surface area (Å²) in [6, 6.07) is 6.89. The third-order valence-electron chi connectivity index (χ3n) is 6.78. The fourth-order valence-electron chi connectivity index (χ4n) is 4.79. The van der Waals surface area contributed by atoms with E-state index < -0.39 is 16.0 Å². The number of benzene rings is 1. The summed E-state index contributed by atoms with van der Waals surface area (Å²) in [5.41, 5.74) is 2.64. The number of esters is 1. The van der Waals surface area contributed by atoms with Crippen molar-refractivity contribution >= 4 is 50.0 Å². The second-order valence-electron chi connectivity index (χ2n) is 9.43. The normalized spacial score (nSPS) is 15.6. The van der Waals surface area contributed by atoms with E-state index in [0.717, 1.165) is 55.2 Å². The van der Waals surface area contributed by atoms with Crippen LogP contribution in [0.4, 0.5) is 22.7 Å². The second-order valence-corrected chi connectivity index (χ2v) is 12.3. The van der Waals surface area contributed by atoms with Crippen LogP contribution in [-0.2, 0) is 32.5 Å². The molecule has 2 aliphatic rings. The number of hydrogen-bond donors (Lipinski definition) is 2. The number of nitrogens with zero attached hydrogens (tertiary/aromatic N) is 5. The van der Waals surface area contributed by atoms with E-state index >= 15 is 0 Å². The Hall–Kier alpha value is -3.33. The highest BCUT2D eigenvalue weighted by atomic mass is 32.2. The number of fused-ring (bicyclic) bond motifs is 1. The highest BCUT2D eigenvalue weighted by Gasteiger charge is 2.28. The summed E-state index contributed by atoms with van der Waals surface area (Å²) in [5, 5.41) is 3.74. The molecule has 1 aromatic carbocycles. The lowest BCUT2D eigenvalue weighted by atomic mass is 10.0. The predicted molar refractivity (Wildman–Crippen MR) is 153 cm³/mol. The first-order chi connectivity index (χ1) is 19.3. The van der Waals surface area contributed by atoms with Crippen LogP contribution in [0.25, 0.3) is 0 Å². The van der Waals surface area contributed by atoms with Gasteiger partial charge in [0.1, 0.15) is 16.5 Å². The summed E-state index contributed by atoms with van der Waals surface area (Å²) in [7, 11) is -2.10. The minimum atomic E-state index is -3.50. The largest absolute Gasteiger partial charge is 0.462 e. The number of nitrogens with one attached hydrogen (secondary N) is 2. The van der Waals surface area contributed by atoms with Crippen LogP contribution < -0.4 is 19.8 Å². The molecule has 2 aromatic heterocycles. The van der Waals surface area contributed by atoms with Gasteiger partial charge < -0.3 is 19.3 Å². The topological polar surface area (TPSA) is 139 Å².